The third-order valence-corrected chi connectivity index (χ3v) is 3.18. The molecule has 0 bridgehead atoms. The molecule has 0 fully saturated rings. The first-order valence-electron chi connectivity index (χ1n) is 6.55. The Morgan fingerprint density at radius 1 is 1.22 bits per heavy atom. The Morgan fingerprint density at radius 2 is 2.00 bits per heavy atom. The van der Waals surface area contributed by atoms with E-state index in [9.17, 15) is 5.11 Å². The number of aliphatic hydroxyl groups is 1. The molecule has 0 saturated heterocycles. The van der Waals surface area contributed by atoms with Gasteiger partial charge in [0.25, 0.3) is 0 Å². The van der Waals surface area contributed by atoms with Crippen molar-refractivity contribution >= 4 is 0 Å². The maximum atomic E-state index is 10.1. The van der Waals surface area contributed by atoms with Crippen LogP contribution < -0.4 is 0 Å². The Balaban J connectivity index is 1.84. The Bertz CT molecular complexity index is 464. The number of hydrogen-bond acceptors (Lipinski definition) is 2. The average Bonchev–Trinajstić information content (AvgIpc) is 2.88. The zero-order chi connectivity index (χ0) is 12.8. The number of benzene rings is 1. The predicted molar refractivity (Wildman–Crippen MR) is 72.2 cm³/mol. The largest absolute Gasteiger partial charge is 0.387 e. The topological polar surface area (TPSA) is 38.0 Å². The van der Waals surface area contributed by atoms with Gasteiger partial charge in [-0.05, 0) is 37.8 Å². The van der Waals surface area contributed by atoms with Gasteiger partial charge in [-0.3, -0.25) is 4.68 Å². The standard InChI is InChI=1S/C15H20N2O/c1-2-17-14(11-12-16-17)15(18)10-6-9-13-7-4-3-5-8-13/h3-5,7-8,11-12,15,18H,2,6,9-10H2,1H3. The highest BCUT2D eigenvalue weighted by atomic mass is 16.3. The summed E-state index contributed by atoms with van der Waals surface area (Å²) in [5, 5.41) is 14.3. The number of aromatic nitrogens is 2. The number of nitrogens with zero attached hydrogens (tertiary/aromatic N) is 2. The molecule has 1 aromatic carbocycles. The summed E-state index contributed by atoms with van der Waals surface area (Å²) in [6.07, 6.45) is 4.12. The van der Waals surface area contributed by atoms with Crippen molar-refractivity contribution < 1.29 is 5.11 Å². The fraction of sp³-hybridized carbons (Fsp3) is 0.400. The SMILES string of the molecule is CCn1nccc1C(O)CCCc1ccccc1. The first-order chi connectivity index (χ1) is 8.81. The zero-order valence-corrected chi connectivity index (χ0v) is 10.8. The molecule has 3 nitrogen and oxygen atoms in total. The summed E-state index contributed by atoms with van der Waals surface area (Å²) >= 11 is 0. The van der Waals surface area contributed by atoms with Gasteiger partial charge >= 0.3 is 0 Å². The number of aryl methyl sites for hydroxylation is 2. The number of aliphatic hydroxyl groups excluding tert-OH is 1. The highest BCUT2D eigenvalue weighted by molar-refractivity contribution is 5.14. The van der Waals surface area contributed by atoms with Crippen molar-refractivity contribution in [3.05, 3.63) is 53.9 Å². The summed E-state index contributed by atoms with van der Waals surface area (Å²) in [6.45, 7) is 2.84. The fourth-order valence-electron chi connectivity index (χ4n) is 2.18. The minimum absolute atomic E-state index is 0.406. The summed E-state index contributed by atoms with van der Waals surface area (Å²) in [7, 11) is 0. The van der Waals surface area contributed by atoms with Gasteiger partial charge in [0.05, 0.1) is 11.8 Å². The molecule has 1 N–H and O–H groups in total. The molecule has 0 amide bonds. The highest BCUT2D eigenvalue weighted by Gasteiger charge is 2.11. The molecule has 0 saturated carbocycles. The van der Waals surface area contributed by atoms with Gasteiger partial charge in [0.15, 0.2) is 0 Å². The molecule has 1 unspecified atom stereocenters. The molecule has 1 heterocycles. The molecule has 1 atom stereocenters. The summed E-state index contributed by atoms with van der Waals surface area (Å²) < 4.78 is 1.85. The maximum absolute atomic E-state index is 10.1. The van der Waals surface area contributed by atoms with E-state index in [0.29, 0.717) is 0 Å². The van der Waals surface area contributed by atoms with E-state index >= 15 is 0 Å². The molecular formula is C15H20N2O. The molecule has 18 heavy (non-hydrogen) atoms. The van der Waals surface area contributed by atoms with Crippen molar-refractivity contribution in [1.29, 1.82) is 0 Å². The van der Waals surface area contributed by atoms with E-state index in [1.165, 1.54) is 5.56 Å². The minimum atomic E-state index is -0.406. The van der Waals surface area contributed by atoms with E-state index in [1.807, 2.05) is 23.7 Å². The molecule has 0 aliphatic rings. The third kappa shape index (κ3) is 3.20. The van der Waals surface area contributed by atoms with Crippen LogP contribution in [-0.4, -0.2) is 14.9 Å². The number of rotatable bonds is 6. The normalized spacial score (nSPS) is 12.6. The van der Waals surface area contributed by atoms with Gasteiger partial charge in [-0.15, -0.1) is 0 Å². The van der Waals surface area contributed by atoms with Crippen molar-refractivity contribution in [3.63, 3.8) is 0 Å². The third-order valence-electron chi connectivity index (χ3n) is 3.18. The van der Waals surface area contributed by atoms with Crippen molar-refractivity contribution in [2.24, 2.45) is 0 Å². The van der Waals surface area contributed by atoms with Gasteiger partial charge in [-0.1, -0.05) is 30.3 Å². The first-order valence-corrected chi connectivity index (χ1v) is 6.55. The molecule has 0 aliphatic heterocycles. The van der Waals surface area contributed by atoms with Crippen LogP contribution in [0, 0.1) is 0 Å². The molecule has 3 heteroatoms. The van der Waals surface area contributed by atoms with Crippen molar-refractivity contribution in [2.75, 3.05) is 0 Å². The molecule has 0 radical (unpaired) electrons. The van der Waals surface area contributed by atoms with E-state index in [1.54, 1.807) is 6.20 Å². The molecule has 0 spiro atoms. The maximum Gasteiger partial charge on any atom is 0.0956 e. The van der Waals surface area contributed by atoms with Gasteiger partial charge < -0.3 is 5.11 Å². The van der Waals surface area contributed by atoms with Crippen LogP contribution >= 0.6 is 0 Å². The monoisotopic (exact) mass is 244 g/mol. The lowest BCUT2D eigenvalue weighted by molar-refractivity contribution is 0.154. The van der Waals surface area contributed by atoms with Crippen LogP contribution in [0.2, 0.25) is 0 Å². The zero-order valence-electron chi connectivity index (χ0n) is 10.8. The highest BCUT2D eigenvalue weighted by Crippen LogP contribution is 2.19. The smallest absolute Gasteiger partial charge is 0.0956 e. The Kier molecular flexibility index (Phi) is 4.53. The first kappa shape index (κ1) is 12.8. The van der Waals surface area contributed by atoms with Crippen LogP contribution in [0.4, 0.5) is 0 Å². The van der Waals surface area contributed by atoms with E-state index in [-0.39, 0.29) is 0 Å². The lowest BCUT2D eigenvalue weighted by Gasteiger charge is -2.12. The fourth-order valence-corrected chi connectivity index (χ4v) is 2.18. The molecule has 2 rings (SSSR count). The molecule has 96 valence electrons. The van der Waals surface area contributed by atoms with Crippen LogP contribution in [0.5, 0.6) is 0 Å². The van der Waals surface area contributed by atoms with Crippen molar-refractivity contribution in [2.45, 2.75) is 38.8 Å². The van der Waals surface area contributed by atoms with Crippen molar-refractivity contribution in [3.8, 4) is 0 Å². The lowest BCUT2D eigenvalue weighted by Crippen LogP contribution is -2.08. The van der Waals surface area contributed by atoms with Gasteiger partial charge in [-0.2, -0.15) is 5.10 Å². The lowest BCUT2D eigenvalue weighted by atomic mass is 10.0. The van der Waals surface area contributed by atoms with Crippen LogP contribution in [0.25, 0.3) is 0 Å². The van der Waals surface area contributed by atoms with E-state index in [4.69, 9.17) is 0 Å². The Hall–Kier alpha value is -1.61. The molecular weight excluding hydrogens is 224 g/mol. The second kappa shape index (κ2) is 6.36. The molecule has 2 aromatic rings. The summed E-state index contributed by atoms with van der Waals surface area (Å²) in [5.41, 5.74) is 2.25. The molecule has 0 aliphatic carbocycles. The summed E-state index contributed by atoms with van der Waals surface area (Å²) in [4.78, 5) is 0. The van der Waals surface area contributed by atoms with E-state index in [0.717, 1.165) is 31.5 Å². The van der Waals surface area contributed by atoms with Crippen LogP contribution in [0.3, 0.4) is 0 Å². The van der Waals surface area contributed by atoms with Crippen molar-refractivity contribution in [1.82, 2.24) is 9.78 Å². The van der Waals surface area contributed by atoms with Crippen LogP contribution in [-0.2, 0) is 13.0 Å². The van der Waals surface area contributed by atoms with Gasteiger partial charge in [0.1, 0.15) is 0 Å². The average molecular weight is 244 g/mol. The Morgan fingerprint density at radius 3 is 2.72 bits per heavy atom. The van der Waals surface area contributed by atoms with Gasteiger partial charge in [-0.25, -0.2) is 0 Å². The quantitative estimate of drug-likeness (QED) is 0.848. The number of hydrogen-bond donors (Lipinski definition) is 1. The Labute approximate surface area is 108 Å². The van der Waals surface area contributed by atoms with Gasteiger partial charge in [0.2, 0.25) is 0 Å². The van der Waals surface area contributed by atoms with Crippen LogP contribution in [0.1, 0.15) is 37.1 Å². The summed E-state index contributed by atoms with van der Waals surface area (Å²) in [5.74, 6) is 0. The van der Waals surface area contributed by atoms with Crippen LogP contribution in [0.15, 0.2) is 42.6 Å². The van der Waals surface area contributed by atoms with E-state index in [2.05, 4.69) is 29.4 Å². The minimum Gasteiger partial charge on any atom is -0.387 e. The predicted octanol–water partition coefficient (Wildman–Crippen LogP) is 2.96. The molecule has 1 aromatic heterocycles. The second-order valence-electron chi connectivity index (χ2n) is 4.47. The van der Waals surface area contributed by atoms with Gasteiger partial charge in [0, 0.05) is 12.7 Å². The summed E-state index contributed by atoms with van der Waals surface area (Å²) in [6, 6.07) is 12.3. The van der Waals surface area contributed by atoms with E-state index < -0.39 is 6.10 Å². The second-order valence-corrected chi connectivity index (χ2v) is 4.47.